The monoisotopic (exact) mass is 290 g/mol. The van der Waals surface area contributed by atoms with Crippen LogP contribution in [-0.2, 0) is 5.41 Å². The largest absolute Gasteiger partial charge is 0.0985 e. The Labute approximate surface area is 135 Å². The van der Waals surface area contributed by atoms with Crippen molar-refractivity contribution in [1.29, 1.82) is 0 Å². The summed E-state index contributed by atoms with van der Waals surface area (Å²) in [5, 5.41) is 0. The van der Waals surface area contributed by atoms with Crippen molar-refractivity contribution in [2.75, 3.05) is 0 Å². The highest BCUT2D eigenvalue weighted by Gasteiger charge is 2.18. The topological polar surface area (TPSA) is 0 Å². The summed E-state index contributed by atoms with van der Waals surface area (Å²) in [5.41, 5.74) is 7.84. The molecule has 2 aromatic rings. The molecule has 0 aliphatic rings. The van der Waals surface area contributed by atoms with Crippen molar-refractivity contribution >= 4 is 5.57 Å². The molecule has 2 rings (SSSR count). The van der Waals surface area contributed by atoms with Crippen LogP contribution < -0.4 is 0 Å². The molecule has 0 atom stereocenters. The van der Waals surface area contributed by atoms with Crippen molar-refractivity contribution in [2.24, 2.45) is 0 Å². The van der Waals surface area contributed by atoms with Gasteiger partial charge in [0.05, 0.1) is 0 Å². The lowest BCUT2D eigenvalue weighted by atomic mass is 9.81. The Morgan fingerprint density at radius 1 is 1.05 bits per heavy atom. The van der Waals surface area contributed by atoms with Gasteiger partial charge in [-0.15, -0.1) is 0 Å². The molecule has 114 valence electrons. The standard InChI is InChI=1S/C22H26/c1-7-17(8-2)20-14-19(22(4,5)6)15-21(16(20)3)18-12-10-9-11-13-18/h7-15H,1H2,2-6H3/b17-8+. The Kier molecular flexibility index (Phi) is 4.71. The maximum absolute atomic E-state index is 3.98. The lowest BCUT2D eigenvalue weighted by Crippen LogP contribution is -2.12. The maximum Gasteiger partial charge on any atom is -0.0131 e. The van der Waals surface area contributed by atoms with Gasteiger partial charge in [-0.3, -0.25) is 0 Å². The summed E-state index contributed by atoms with van der Waals surface area (Å²) in [6.07, 6.45) is 4.08. The summed E-state index contributed by atoms with van der Waals surface area (Å²) in [6, 6.07) is 15.3. The molecule has 0 nitrogen and oxygen atoms in total. The van der Waals surface area contributed by atoms with Gasteiger partial charge in [0.2, 0.25) is 0 Å². The van der Waals surface area contributed by atoms with Crippen molar-refractivity contribution in [3.05, 3.63) is 77.9 Å². The van der Waals surface area contributed by atoms with Crippen LogP contribution in [0, 0.1) is 6.92 Å². The van der Waals surface area contributed by atoms with Crippen LogP contribution in [0.25, 0.3) is 16.7 Å². The highest BCUT2D eigenvalue weighted by molar-refractivity contribution is 5.82. The molecule has 0 aromatic heterocycles. The molecular weight excluding hydrogens is 264 g/mol. The zero-order valence-corrected chi connectivity index (χ0v) is 14.4. The van der Waals surface area contributed by atoms with Gasteiger partial charge >= 0.3 is 0 Å². The van der Waals surface area contributed by atoms with E-state index in [2.05, 4.69) is 89.7 Å². The predicted octanol–water partition coefficient (Wildman–Crippen LogP) is 6.55. The van der Waals surface area contributed by atoms with Crippen molar-refractivity contribution in [1.82, 2.24) is 0 Å². The average molecular weight is 290 g/mol. The fraction of sp³-hybridized carbons (Fsp3) is 0.273. The van der Waals surface area contributed by atoms with Crippen molar-refractivity contribution < 1.29 is 0 Å². The molecule has 2 aromatic carbocycles. The Morgan fingerprint density at radius 2 is 1.68 bits per heavy atom. The predicted molar refractivity (Wildman–Crippen MR) is 99.2 cm³/mol. The number of allylic oxidation sites excluding steroid dienone is 3. The van der Waals surface area contributed by atoms with Crippen molar-refractivity contribution in [3.8, 4) is 11.1 Å². The van der Waals surface area contributed by atoms with Crippen molar-refractivity contribution in [2.45, 2.75) is 40.0 Å². The molecule has 0 spiro atoms. The van der Waals surface area contributed by atoms with Gasteiger partial charge < -0.3 is 0 Å². The molecule has 0 heteroatoms. The quantitative estimate of drug-likeness (QED) is 0.562. The number of hydrogen-bond donors (Lipinski definition) is 0. The fourth-order valence-corrected chi connectivity index (χ4v) is 2.75. The van der Waals surface area contributed by atoms with E-state index in [0.717, 1.165) is 0 Å². The Bertz CT molecular complexity index is 695. The minimum Gasteiger partial charge on any atom is -0.0985 e. The molecule has 0 saturated carbocycles. The third-order valence-corrected chi connectivity index (χ3v) is 4.20. The van der Waals surface area contributed by atoms with E-state index >= 15 is 0 Å². The Morgan fingerprint density at radius 3 is 2.18 bits per heavy atom. The van der Waals surface area contributed by atoms with Gasteiger partial charge in [0.15, 0.2) is 0 Å². The van der Waals surface area contributed by atoms with Gasteiger partial charge in [-0.25, -0.2) is 0 Å². The van der Waals surface area contributed by atoms with Gasteiger partial charge in [0.1, 0.15) is 0 Å². The average Bonchev–Trinajstić information content (AvgIpc) is 2.49. The number of benzene rings is 2. The van der Waals surface area contributed by atoms with E-state index in [1.807, 2.05) is 6.08 Å². The highest BCUT2D eigenvalue weighted by Crippen LogP contribution is 2.35. The van der Waals surface area contributed by atoms with Crippen LogP contribution in [0.15, 0.2) is 61.2 Å². The van der Waals surface area contributed by atoms with Gasteiger partial charge in [0, 0.05) is 0 Å². The fourth-order valence-electron chi connectivity index (χ4n) is 2.75. The lowest BCUT2D eigenvalue weighted by Gasteiger charge is -2.24. The zero-order valence-electron chi connectivity index (χ0n) is 14.4. The molecule has 0 N–H and O–H groups in total. The van der Waals surface area contributed by atoms with E-state index in [-0.39, 0.29) is 5.41 Å². The molecule has 0 bridgehead atoms. The molecule has 0 radical (unpaired) electrons. The summed E-state index contributed by atoms with van der Waals surface area (Å²) in [7, 11) is 0. The highest BCUT2D eigenvalue weighted by atomic mass is 14.2. The summed E-state index contributed by atoms with van der Waals surface area (Å²) in [6.45, 7) is 15.0. The summed E-state index contributed by atoms with van der Waals surface area (Å²) in [5.74, 6) is 0. The first kappa shape index (κ1) is 16.3. The SMILES string of the molecule is C=C/C(=C\C)c1cc(C(C)(C)C)cc(-c2ccccc2)c1C. The van der Waals surface area contributed by atoms with Gasteiger partial charge in [-0.1, -0.05) is 82.0 Å². The molecule has 0 unspecified atom stereocenters. The molecule has 0 heterocycles. The number of rotatable bonds is 3. The Hall–Kier alpha value is -2.08. The molecule has 0 saturated heterocycles. The van der Waals surface area contributed by atoms with Crippen LogP contribution in [0.1, 0.15) is 44.4 Å². The normalized spacial score (nSPS) is 12.3. The molecule has 0 amide bonds. The summed E-state index contributed by atoms with van der Waals surface area (Å²) in [4.78, 5) is 0. The zero-order chi connectivity index (χ0) is 16.3. The minimum atomic E-state index is 0.117. The Balaban J connectivity index is 2.78. The summed E-state index contributed by atoms with van der Waals surface area (Å²) < 4.78 is 0. The van der Waals surface area contributed by atoms with E-state index in [9.17, 15) is 0 Å². The smallest absolute Gasteiger partial charge is 0.0131 e. The van der Waals surface area contributed by atoms with Crippen LogP contribution >= 0.6 is 0 Å². The maximum atomic E-state index is 3.98. The third-order valence-electron chi connectivity index (χ3n) is 4.20. The first-order valence-electron chi connectivity index (χ1n) is 7.88. The van der Waals surface area contributed by atoms with Gasteiger partial charge in [-0.2, -0.15) is 0 Å². The van der Waals surface area contributed by atoms with Crippen LogP contribution in [-0.4, -0.2) is 0 Å². The van der Waals surface area contributed by atoms with Gasteiger partial charge in [-0.05, 0) is 52.7 Å². The molecule has 0 aliphatic carbocycles. The molecule has 0 fully saturated rings. The first-order chi connectivity index (χ1) is 10.4. The second-order valence-electron chi connectivity index (χ2n) is 6.76. The van der Waals surface area contributed by atoms with E-state index in [1.54, 1.807) is 0 Å². The first-order valence-corrected chi connectivity index (χ1v) is 7.88. The van der Waals surface area contributed by atoms with E-state index in [1.165, 1.54) is 33.4 Å². The lowest BCUT2D eigenvalue weighted by molar-refractivity contribution is 0.590. The molecule has 0 aliphatic heterocycles. The van der Waals surface area contributed by atoms with E-state index in [4.69, 9.17) is 0 Å². The van der Waals surface area contributed by atoms with Crippen LogP contribution in [0.3, 0.4) is 0 Å². The number of hydrogen-bond acceptors (Lipinski definition) is 0. The van der Waals surface area contributed by atoms with Gasteiger partial charge in [0.25, 0.3) is 0 Å². The van der Waals surface area contributed by atoms with E-state index < -0.39 is 0 Å². The third kappa shape index (κ3) is 3.22. The second-order valence-corrected chi connectivity index (χ2v) is 6.76. The minimum absolute atomic E-state index is 0.117. The van der Waals surface area contributed by atoms with Crippen LogP contribution in [0.5, 0.6) is 0 Å². The van der Waals surface area contributed by atoms with E-state index in [0.29, 0.717) is 0 Å². The van der Waals surface area contributed by atoms with Crippen molar-refractivity contribution in [3.63, 3.8) is 0 Å². The summed E-state index contributed by atoms with van der Waals surface area (Å²) >= 11 is 0. The second kappa shape index (κ2) is 6.36. The molecular formula is C22H26. The van der Waals surface area contributed by atoms with Crippen LogP contribution in [0.4, 0.5) is 0 Å². The van der Waals surface area contributed by atoms with Crippen LogP contribution in [0.2, 0.25) is 0 Å². The molecule has 22 heavy (non-hydrogen) atoms.